The van der Waals surface area contributed by atoms with E-state index >= 15 is 0 Å². The van der Waals surface area contributed by atoms with Gasteiger partial charge in [0.05, 0.1) is 5.69 Å². The van der Waals surface area contributed by atoms with E-state index in [0.717, 1.165) is 15.9 Å². The SMILES string of the molecule is Cc1cc(C)n([C@@H](CC(=O)c2ccc(Br)cc2)C(=O)O)n1. The third kappa shape index (κ3) is 3.58. The Labute approximate surface area is 130 Å². The Morgan fingerprint density at radius 3 is 2.38 bits per heavy atom. The largest absolute Gasteiger partial charge is 0.480 e. The summed E-state index contributed by atoms with van der Waals surface area (Å²) in [5, 5.41) is 13.5. The molecule has 0 aliphatic carbocycles. The number of halogens is 1. The Morgan fingerprint density at radius 1 is 1.29 bits per heavy atom. The average molecular weight is 351 g/mol. The molecule has 0 fully saturated rings. The standard InChI is InChI=1S/C15H15BrN2O3/c1-9-7-10(2)18(17-9)13(15(20)21)8-14(19)11-3-5-12(16)6-4-11/h3-7,13H,8H2,1-2H3,(H,20,21)/t13-/m0/s1. The van der Waals surface area contributed by atoms with Gasteiger partial charge in [0.1, 0.15) is 0 Å². The van der Waals surface area contributed by atoms with Crippen LogP contribution in [0.1, 0.15) is 34.2 Å². The van der Waals surface area contributed by atoms with Gasteiger partial charge in [-0.3, -0.25) is 9.48 Å². The fraction of sp³-hybridized carbons (Fsp3) is 0.267. The molecule has 0 aliphatic rings. The monoisotopic (exact) mass is 350 g/mol. The highest BCUT2D eigenvalue weighted by atomic mass is 79.9. The molecule has 1 heterocycles. The minimum absolute atomic E-state index is 0.126. The Morgan fingerprint density at radius 2 is 1.90 bits per heavy atom. The third-order valence-electron chi connectivity index (χ3n) is 3.17. The number of rotatable bonds is 5. The van der Waals surface area contributed by atoms with Crippen molar-refractivity contribution in [3.8, 4) is 0 Å². The number of aliphatic carboxylic acids is 1. The predicted octanol–water partition coefficient (Wildman–Crippen LogP) is 3.16. The van der Waals surface area contributed by atoms with Crippen LogP contribution in [-0.4, -0.2) is 26.6 Å². The molecule has 0 radical (unpaired) electrons. The Kier molecular flexibility index (Phi) is 4.57. The number of carbonyl (C=O) groups excluding carboxylic acids is 1. The average Bonchev–Trinajstić information content (AvgIpc) is 2.75. The second kappa shape index (κ2) is 6.22. The van der Waals surface area contributed by atoms with Crippen LogP contribution in [-0.2, 0) is 4.79 Å². The molecular formula is C15H15BrN2O3. The predicted molar refractivity (Wildman–Crippen MR) is 81.5 cm³/mol. The van der Waals surface area contributed by atoms with Crippen molar-refractivity contribution < 1.29 is 14.7 Å². The fourth-order valence-corrected chi connectivity index (χ4v) is 2.43. The highest BCUT2D eigenvalue weighted by Crippen LogP contribution is 2.19. The number of aryl methyl sites for hydroxylation is 2. The second-order valence-electron chi connectivity index (χ2n) is 4.86. The van der Waals surface area contributed by atoms with Gasteiger partial charge in [-0.1, -0.05) is 28.1 Å². The van der Waals surface area contributed by atoms with E-state index in [9.17, 15) is 14.7 Å². The van der Waals surface area contributed by atoms with E-state index in [0.29, 0.717) is 5.56 Å². The first-order valence-corrected chi connectivity index (χ1v) is 7.22. The second-order valence-corrected chi connectivity index (χ2v) is 5.78. The van der Waals surface area contributed by atoms with Crippen LogP contribution < -0.4 is 0 Å². The molecule has 0 amide bonds. The van der Waals surface area contributed by atoms with E-state index in [4.69, 9.17) is 0 Å². The van der Waals surface area contributed by atoms with Gasteiger partial charge in [0.25, 0.3) is 0 Å². The van der Waals surface area contributed by atoms with Gasteiger partial charge in [-0.15, -0.1) is 0 Å². The number of ketones is 1. The minimum atomic E-state index is -1.06. The number of hydrogen-bond acceptors (Lipinski definition) is 3. The highest BCUT2D eigenvalue weighted by molar-refractivity contribution is 9.10. The van der Waals surface area contributed by atoms with Crippen molar-refractivity contribution >= 4 is 27.7 Å². The Balaban J connectivity index is 2.24. The van der Waals surface area contributed by atoms with Crippen LogP contribution in [0, 0.1) is 13.8 Å². The van der Waals surface area contributed by atoms with E-state index in [1.165, 1.54) is 4.68 Å². The number of carbonyl (C=O) groups is 2. The number of carboxylic acid groups (broad SMARTS) is 1. The van der Waals surface area contributed by atoms with Gasteiger partial charge in [-0.05, 0) is 32.0 Å². The van der Waals surface area contributed by atoms with Crippen LogP contribution >= 0.6 is 15.9 Å². The van der Waals surface area contributed by atoms with Gasteiger partial charge in [-0.2, -0.15) is 5.10 Å². The molecule has 0 bridgehead atoms. The van der Waals surface area contributed by atoms with Crippen LogP contribution in [0.5, 0.6) is 0 Å². The van der Waals surface area contributed by atoms with Crippen LogP contribution in [0.25, 0.3) is 0 Å². The summed E-state index contributed by atoms with van der Waals surface area (Å²) in [5.74, 6) is -1.28. The summed E-state index contributed by atoms with van der Waals surface area (Å²) in [6.45, 7) is 3.57. The fourth-order valence-electron chi connectivity index (χ4n) is 2.17. The summed E-state index contributed by atoms with van der Waals surface area (Å²) in [5.41, 5.74) is 1.95. The van der Waals surface area contributed by atoms with E-state index in [1.807, 2.05) is 0 Å². The van der Waals surface area contributed by atoms with Crippen molar-refractivity contribution in [2.24, 2.45) is 0 Å². The van der Waals surface area contributed by atoms with Crippen LogP contribution in [0.2, 0.25) is 0 Å². The molecule has 2 aromatic rings. The Bertz CT molecular complexity index is 677. The summed E-state index contributed by atoms with van der Waals surface area (Å²) in [7, 11) is 0. The lowest BCUT2D eigenvalue weighted by Gasteiger charge is -2.14. The first kappa shape index (κ1) is 15.4. The van der Waals surface area contributed by atoms with E-state index in [-0.39, 0.29) is 12.2 Å². The lowest BCUT2D eigenvalue weighted by atomic mass is 10.0. The number of carboxylic acids is 1. The van der Waals surface area contributed by atoms with Crippen molar-refractivity contribution in [2.75, 3.05) is 0 Å². The van der Waals surface area contributed by atoms with Crippen molar-refractivity contribution in [3.05, 3.63) is 51.8 Å². The highest BCUT2D eigenvalue weighted by Gasteiger charge is 2.26. The first-order chi connectivity index (χ1) is 9.88. The van der Waals surface area contributed by atoms with Gasteiger partial charge in [-0.25, -0.2) is 4.79 Å². The van der Waals surface area contributed by atoms with E-state index < -0.39 is 12.0 Å². The molecule has 0 saturated heterocycles. The topological polar surface area (TPSA) is 72.2 Å². The smallest absolute Gasteiger partial charge is 0.328 e. The van der Waals surface area contributed by atoms with Gasteiger partial charge in [0.15, 0.2) is 11.8 Å². The van der Waals surface area contributed by atoms with Crippen LogP contribution in [0.3, 0.4) is 0 Å². The first-order valence-electron chi connectivity index (χ1n) is 6.43. The molecule has 1 aromatic carbocycles. The molecule has 1 atom stereocenters. The van der Waals surface area contributed by atoms with Gasteiger partial charge >= 0.3 is 5.97 Å². The quantitative estimate of drug-likeness (QED) is 0.840. The van der Waals surface area contributed by atoms with Gasteiger partial charge in [0.2, 0.25) is 0 Å². The molecule has 1 N–H and O–H groups in total. The maximum absolute atomic E-state index is 12.2. The maximum Gasteiger partial charge on any atom is 0.328 e. The summed E-state index contributed by atoms with van der Waals surface area (Å²) in [6.07, 6.45) is -0.126. The summed E-state index contributed by atoms with van der Waals surface area (Å²) < 4.78 is 2.27. The summed E-state index contributed by atoms with van der Waals surface area (Å²) in [4.78, 5) is 23.7. The third-order valence-corrected chi connectivity index (χ3v) is 3.70. The van der Waals surface area contributed by atoms with Crippen LogP contribution in [0.4, 0.5) is 0 Å². The summed E-state index contributed by atoms with van der Waals surface area (Å²) in [6, 6.07) is 7.66. The molecule has 5 nitrogen and oxygen atoms in total. The molecule has 110 valence electrons. The number of nitrogens with zero attached hydrogens (tertiary/aromatic N) is 2. The normalized spacial score (nSPS) is 12.1. The summed E-state index contributed by atoms with van der Waals surface area (Å²) >= 11 is 3.30. The van der Waals surface area contributed by atoms with Crippen molar-refractivity contribution in [2.45, 2.75) is 26.3 Å². The van der Waals surface area contributed by atoms with Crippen molar-refractivity contribution in [3.63, 3.8) is 0 Å². The van der Waals surface area contributed by atoms with Crippen LogP contribution in [0.15, 0.2) is 34.8 Å². The maximum atomic E-state index is 12.2. The number of benzene rings is 1. The molecule has 0 aliphatic heterocycles. The zero-order valence-corrected chi connectivity index (χ0v) is 13.3. The molecular weight excluding hydrogens is 336 g/mol. The Hall–Kier alpha value is -1.95. The lowest BCUT2D eigenvalue weighted by molar-refractivity contribution is -0.141. The van der Waals surface area contributed by atoms with Crippen molar-refractivity contribution in [1.82, 2.24) is 9.78 Å². The molecule has 21 heavy (non-hydrogen) atoms. The zero-order chi connectivity index (χ0) is 15.6. The number of aromatic nitrogens is 2. The zero-order valence-electron chi connectivity index (χ0n) is 11.7. The molecule has 6 heteroatoms. The molecule has 0 unspecified atom stereocenters. The van der Waals surface area contributed by atoms with Gasteiger partial charge < -0.3 is 5.11 Å². The van der Waals surface area contributed by atoms with E-state index in [1.54, 1.807) is 44.2 Å². The minimum Gasteiger partial charge on any atom is -0.480 e. The molecule has 2 rings (SSSR count). The number of Topliss-reactive ketones (excluding diaryl/α,β-unsaturated/α-hetero) is 1. The van der Waals surface area contributed by atoms with Crippen molar-refractivity contribution in [1.29, 1.82) is 0 Å². The van der Waals surface area contributed by atoms with E-state index in [2.05, 4.69) is 21.0 Å². The molecule has 0 saturated carbocycles. The number of hydrogen-bond donors (Lipinski definition) is 1. The van der Waals surface area contributed by atoms with Gasteiger partial charge in [0, 0.05) is 22.2 Å². The lowest BCUT2D eigenvalue weighted by Crippen LogP contribution is -2.24. The molecule has 1 aromatic heterocycles. The molecule has 0 spiro atoms.